The molecule has 0 aliphatic rings. The Kier molecular flexibility index (Phi) is 4.22. The summed E-state index contributed by atoms with van der Waals surface area (Å²) >= 11 is 1.12. The van der Waals surface area contributed by atoms with Gasteiger partial charge in [0.1, 0.15) is 11.0 Å². The molecule has 0 saturated carbocycles. The molecule has 7 heteroatoms. The number of nitrogens with zero attached hydrogens (tertiary/aromatic N) is 2. The molecule has 2 heterocycles. The van der Waals surface area contributed by atoms with Crippen molar-refractivity contribution >= 4 is 45.3 Å². The number of amides is 1. The monoisotopic (exact) mass is 364 g/mol. The highest BCUT2D eigenvalue weighted by Crippen LogP contribution is 2.22. The fraction of sp³-hybridized carbons (Fsp3) is 0.158. The van der Waals surface area contributed by atoms with E-state index in [-0.39, 0.29) is 11.5 Å². The van der Waals surface area contributed by atoms with Gasteiger partial charge in [0.25, 0.3) is 5.91 Å². The third kappa shape index (κ3) is 3.09. The number of fused-ring (bicyclic) bond motifs is 2. The van der Waals surface area contributed by atoms with Crippen LogP contribution in [0.1, 0.15) is 29.3 Å². The molecule has 26 heavy (non-hydrogen) atoms. The quantitative estimate of drug-likeness (QED) is 0.577. The Morgan fingerprint density at radius 1 is 1.12 bits per heavy atom. The maximum atomic E-state index is 12.5. The Labute approximate surface area is 153 Å². The molecule has 0 aliphatic carbocycles. The second kappa shape index (κ2) is 6.68. The lowest BCUT2D eigenvalue weighted by molar-refractivity contribution is 0.102. The summed E-state index contributed by atoms with van der Waals surface area (Å²) in [5.74, 6) is -0.230. The van der Waals surface area contributed by atoms with Crippen molar-refractivity contribution in [2.75, 3.05) is 5.32 Å². The van der Waals surface area contributed by atoms with Crippen molar-refractivity contribution in [1.82, 2.24) is 13.7 Å². The molecular formula is C19H16N4O2S. The molecule has 1 amide bonds. The predicted molar refractivity (Wildman–Crippen MR) is 104 cm³/mol. The third-order valence-corrected chi connectivity index (χ3v) is 4.78. The summed E-state index contributed by atoms with van der Waals surface area (Å²) in [4.78, 5) is 27.2. The van der Waals surface area contributed by atoms with Crippen molar-refractivity contribution in [3.8, 4) is 0 Å². The van der Waals surface area contributed by atoms with Gasteiger partial charge in [0.15, 0.2) is 0 Å². The molecular weight excluding hydrogens is 348 g/mol. The molecule has 130 valence electrons. The van der Waals surface area contributed by atoms with Crippen LogP contribution in [-0.4, -0.2) is 19.6 Å². The van der Waals surface area contributed by atoms with Crippen LogP contribution in [0.3, 0.4) is 0 Å². The summed E-state index contributed by atoms with van der Waals surface area (Å²) in [7, 11) is 0. The van der Waals surface area contributed by atoms with Gasteiger partial charge in [-0.15, -0.1) is 0 Å². The maximum absolute atomic E-state index is 12.5. The Morgan fingerprint density at radius 2 is 1.96 bits per heavy atom. The van der Waals surface area contributed by atoms with Gasteiger partial charge in [0, 0.05) is 22.7 Å². The lowest BCUT2D eigenvalue weighted by Gasteiger charge is -2.09. The number of H-pyrrole nitrogens is 1. The Morgan fingerprint density at radius 3 is 2.81 bits per heavy atom. The van der Waals surface area contributed by atoms with Crippen molar-refractivity contribution in [3.63, 3.8) is 0 Å². The maximum Gasteiger partial charge on any atom is 0.255 e. The summed E-state index contributed by atoms with van der Waals surface area (Å²) in [6, 6.07) is 12.4. The predicted octanol–water partition coefficient (Wildman–Crippen LogP) is 3.74. The molecule has 2 aromatic carbocycles. The minimum atomic E-state index is -0.230. The van der Waals surface area contributed by atoms with E-state index in [1.807, 2.05) is 12.1 Å². The van der Waals surface area contributed by atoms with Crippen molar-refractivity contribution in [2.24, 2.45) is 0 Å². The number of carbonyl (C=O) groups is 1. The first-order valence-corrected chi connectivity index (χ1v) is 9.06. The lowest BCUT2D eigenvalue weighted by Crippen LogP contribution is -2.12. The fourth-order valence-electron chi connectivity index (χ4n) is 3.01. The van der Waals surface area contributed by atoms with Crippen LogP contribution in [0.25, 0.3) is 21.9 Å². The number of anilines is 1. The van der Waals surface area contributed by atoms with E-state index in [2.05, 4.69) is 26.0 Å². The number of carbonyl (C=O) groups excluding carboxylic acids is 1. The number of nitrogens with one attached hydrogen (secondary N) is 2. The van der Waals surface area contributed by atoms with Crippen LogP contribution in [0.4, 0.5) is 5.69 Å². The lowest BCUT2D eigenvalue weighted by atomic mass is 10.0. The molecule has 0 unspecified atom stereocenters. The molecule has 0 radical (unpaired) electrons. The molecule has 0 bridgehead atoms. The number of benzene rings is 2. The highest BCUT2D eigenvalue weighted by atomic mass is 32.1. The van der Waals surface area contributed by atoms with Gasteiger partial charge >= 0.3 is 0 Å². The van der Waals surface area contributed by atoms with E-state index >= 15 is 0 Å². The van der Waals surface area contributed by atoms with Crippen LogP contribution in [0, 0.1) is 0 Å². The van der Waals surface area contributed by atoms with E-state index < -0.39 is 0 Å². The SMILES string of the molecule is CCCc1cc(=O)[nH]c2cc(NC(=O)c3ccc4nsnc4c3)ccc12. The molecule has 4 aromatic rings. The summed E-state index contributed by atoms with van der Waals surface area (Å²) in [5, 5.41) is 3.87. The number of hydrogen-bond acceptors (Lipinski definition) is 5. The Balaban J connectivity index is 1.66. The van der Waals surface area contributed by atoms with Gasteiger partial charge < -0.3 is 10.3 Å². The van der Waals surface area contributed by atoms with E-state index in [1.54, 1.807) is 30.3 Å². The number of pyridine rings is 1. The molecule has 6 nitrogen and oxygen atoms in total. The largest absolute Gasteiger partial charge is 0.322 e. The molecule has 0 spiro atoms. The van der Waals surface area contributed by atoms with E-state index in [0.717, 1.165) is 46.6 Å². The van der Waals surface area contributed by atoms with Crippen LogP contribution in [0.15, 0.2) is 47.3 Å². The van der Waals surface area contributed by atoms with E-state index in [4.69, 9.17) is 0 Å². The second-order valence-electron chi connectivity index (χ2n) is 6.09. The average Bonchev–Trinajstić information content (AvgIpc) is 3.09. The first-order valence-electron chi connectivity index (χ1n) is 8.33. The van der Waals surface area contributed by atoms with E-state index in [9.17, 15) is 9.59 Å². The van der Waals surface area contributed by atoms with Gasteiger partial charge in [0.2, 0.25) is 5.56 Å². The van der Waals surface area contributed by atoms with Crippen LogP contribution in [0.2, 0.25) is 0 Å². The van der Waals surface area contributed by atoms with Crippen LogP contribution in [0.5, 0.6) is 0 Å². The number of rotatable bonds is 4. The summed E-state index contributed by atoms with van der Waals surface area (Å²) in [6.45, 7) is 2.08. The zero-order chi connectivity index (χ0) is 18.1. The molecule has 0 fully saturated rings. The van der Waals surface area contributed by atoms with Gasteiger partial charge in [-0.25, -0.2) is 0 Å². The molecule has 2 aromatic heterocycles. The van der Waals surface area contributed by atoms with Crippen molar-refractivity contribution < 1.29 is 4.79 Å². The van der Waals surface area contributed by atoms with E-state index in [1.165, 1.54) is 0 Å². The van der Waals surface area contributed by atoms with E-state index in [0.29, 0.717) is 16.8 Å². The van der Waals surface area contributed by atoms with Crippen LogP contribution in [-0.2, 0) is 6.42 Å². The topological polar surface area (TPSA) is 87.7 Å². The number of aromatic nitrogens is 3. The zero-order valence-corrected chi connectivity index (χ0v) is 14.9. The van der Waals surface area contributed by atoms with Gasteiger partial charge in [0.05, 0.1) is 17.2 Å². The first-order chi connectivity index (χ1) is 12.6. The highest BCUT2D eigenvalue weighted by Gasteiger charge is 2.10. The first kappa shape index (κ1) is 16.4. The summed E-state index contributed by atoms with van der Waals surface area (Å²) in [6.07, 6.45) is 1.80. The third-order valence-electron chi connectivity index (χ3n) is 4.22. The van der Waals surface area contributed by atoms with Gasteiger partial charge in [-0.1, -0.05) is 19.4 Å². The highest BCUT2D eigenvalue weighted by molar-refractivity contribution is 7.00. The number of aryl methyl sites for hydroxylation is 1. The van der Waals surface area contributed by atoms with Gasteiger partial charge in [-0.3, -0.25) is 9.59 Å². The zero-order valence-electron chi connectivity index (χ0n) is 14.1. The van der Waals surface area contributed by atoms with Crippen molar-refractivity contribution in [2.45, 2.75) is 19.8 Å². The second-order valence-corrected chi connectivity index (χ2v) is 6.62. The van der Waals surface area contributed by atoms with Gasteiger partial charge in [-0.2, -0.15) is 8.75 Å². The Hall–Kier alpha value is -3.06. The van der Waals surface area contributed by atoms with Crippen molar-refractivity contribution in [1.29, 1.82) is 0 Å². The average molecular weight is 364 g/mol. The number of aromatic amines is 1. The minimum Gasteiger partial charge on any atom is -0.322 e. The standard InChI is InChI=1S/C19H16N4O2S/c1-2-3-11-9-18(24)21-16-10-13(5-6-14(11)16)20-19(25)12-4-7-15-17(8-12)23-26-22-15/h4-10H,2-3H2,1H3,(H,20,25)(H,21,24). The molecule has 2 N–H and O–H groups in total. The van der Waals surface area contributed by atoms with Crippen LogP contribution < -0.4 is 10.9 Å². The molecule has 0 atom stereocenters. The minimum absolute atomic E-state index is 0.133. The van der Waals surface area contributed by atoms with Crippen LogP contribution >= 0.6 is 11.7 Å². The van der Waals surface area contributed by atoms with Gasteiger partial charge in [-0.05, 0) is 42.3 Å². The molecule has 0 aliphatic heterocycles. The summed E-state index contributed by atoms with van der Waals surface area (Å²) in [5.41, 5.74) is 4.23. The molecule has 0 saturated heterocycles. The van der Waals surface area contributed by atoms with Crippen molar-refractivity contribution in [3.05, 3.63) is 63.9 Å². The Bertz CT molecular complexity index is 1180. The molecule has 4 rings (SSSR count). The smallest absolute Gasteiger partial charge is 0.255 e. The summed E-state index contributed by atoms with van der Waals surface area (Å²) < 4.78 is 8.29. The number of hydrogen-bond donors (Lipinski definition) is 2. The normalized spacial score (nSPS) is 11.1. The fourth-order valence-corrected chi connectivity index (χ4v) is 3.53.